The minimum Gasteiger partial charge on any atom is -0.312 e. The molecule has 2 saturated carbocycles. The van der Waals surface area contributed by atoms with Crippen molar-refractivity contribution in [3.63, 3.8) is 0 Å². The summed E-state index contributed by atoms with van der Waals surface area (Å²) < 4.78 is 0. The lowest BCUT2D eigenvalue weighted by Crippen LogP contribution is -2.42. The molecular weight excluding hydrogens is 136 g/mol. The van der Waals surface area contributed by atoms with E-state index in [4.69, 9.17) is 0 Å². The van der Waals surface area contributed by atoms with Gasteiger partial charge in [-0.05, 0) is 43.2 Å². The summed E-state index contributed by atoms with van der Waals surface area (Å²) in [5.74, 6) is 4.22. The van der Waals surface area contributed by atoms with Gasteiger partial charge in [-0.1, -0.05) is 0 Å². The molecule has 0 radical (unpaired) electrons. The Labute approximate surface area is 66.7 Å². The first-order chi connectivity index (χ1) is 5.45. The molecule has 0 aromatic heterocycles. The Bertz CT molecular complexity index is 160. The fourth-order valence-corrected chi connectivity index (χ4v) is 4.36. The van der Waals surface area contributed by atoms with Crippen molar-refractivity contribution >= 4 is 0 Å². The first-order valence-electron chi connectivity index (χ1n) is 4.92. The van der Waals surface area contributed by atoms with Gasteiger partial charge in [0.2, 0.25) is 0 Å². The van der Waals surface area contributed by atoms with E-state index in [0.717, 1.165) is 35.8 Å². The summed E-state index contributed by atoms with van der Waals surface area (Å²) in [6, 6.07) is 1.73. The van der Waals surface area contributed by atoms with Gasteiger partial charge in [0.25, 0.3) is 0 Å². The maximum atomic E-state index is 3.68. The third-order valence-corrected chi connectivity index (χ3v) is 4.68. The van der Waals surface area contributed by atoms with Crippen molar-refractivity contribution in [3.8, 4) is 0 Å². The first kappa shape index (κ1) is 5.55. The average Bonchev–Trinajstić information content (AvgIpc) is 2.42. The second kappa shape index (κ2) is 1.50. The van der Waals surface area contributed by atoms with E-state index in [1.165, 1.54) is 19.5 Å². The Hall–Kier alpha value is -0.0800. The van der Waals surface area contributed by atoms with Crippen LogP contribution in [0.1, 0.15) is 6.42 Å². The van der Waals surface area contributed by atoms with Crippen LogP contribution < -0.4 is 10.6 Å². The molecule has 4 fully saturated rings. The van der Waals surface area contributed by atoms with Crippen molar-refractivity contribution in [2.24, 2.45) is 23.7 Å². The van der Waals surface area contributed by atoms with Crippen molar-refractivity contribution in [2.45, 2.75) is 18.5 Å². The Morgan fingerprint density at radius 1 is 0.727 bits per heavy atom. The second-order valence-electron chi connectivity index (χ2n) is 4.76. The molecule has 2 aliphatic carbocycles. The highest BCUT2D eigenvalue weighted by atomic mass is 15.1. The maximum absolute atomic E-state index is 3.68. The maximum Gasteiger partial charge on any atom is 0.0255 e. The average molecular weight is 150 g/mol. The first-order valence-corrected chi connectivity index (χ1v) is 4.92. The lowest BCUT2D eigenvalue weighted by atomic mass is 9.81. The fourth-order valence-electron chi connectivity index (χ4n) is 4.36. The molecule has 2 heteroatoms. The highest BCUT2D eigenvalue weighted by Gasteiger charge is 2.63. The van der Waals surface area contributed by atoms with Gasteiger partial charge in [0, 0.05) is 12.1 Å². The van der Waals surface area contributed by atoms with Crippen molar-refractivity contribution in [1.82, 2.24) is 10.6 Å². The number of rotatable bonds is 0. The van der Waals surface area contributed by atoms with Crippen molar-refractivity contribution in [1.29, 1.82) is 0 Å². The third kappa shape index (κ3) is 0.433. The molecule has 0 amide bonds. The standard InChI is InChI=1S/C9H14N2/c1-4-6-2-10-8(4)9-5(1)7(6)3-11-9/h4-11H,1-3H2. The third-order valence-electron chi connectivity index (χ3n) is 4.68. The minimum absolute atomic E-state index is 0.865. The molecular formula is C9H14N2. The van der Waals surface area contributed by atoms with Crippen LogP contribution in [0.3, 0.4) is 0 Å². The van der Waals surface area contributed by atoms with Crippen LogP contribution in [0.15, 0.2) is 0 Å². The van der Waals surface area contributed by atoms with Crippen LogP contribution in [-0.4, -0.2) is 25.2 Å². The smallest absolute Gasteiger partial charge is 0.0255 e. The lowest BCUT2D eigenvalue weighted by molar-refractivity contribution is 0.307. The van der Waals surface area contributed by atoms with E-state index in [0.29, 0.717) is 0 Å². The molecule has 0 aromatic rings. The summed E-state index contributed by atoms with van der Waals surface area (Å²) in [6.07, 6.45) is 1.53. The molecule has 2 bridgehead atoms. The second-order valence-corrected chi connectivity index (χ2v) is 4.76. The lowest BCUT2D eigenvalue weighted by Gasteiger charge is -2.23. The molecule has 0 aromatic carbocycles. The molecule has 2 nitrogen and oxygen atoms in total. The summed E-state index contributed by atoms with van der Waals surface area (Å²) in [5, 5.41) is 7.36. The molecule has 2 aliphatic heterocycles. The number of hydrogen-bond donors (Lipinski definition) is 2. The monoisotopic (exact) mass is 150 g/mol. The summed E-state index contributed by atoms with van der Waals surface area (Å²) in [6.45, 7) is 2.66. The van der Waals surface area contributed by atoms with E-state index in [-0.39, 0.29) is 0 Å². The van der Waals surface area contributed by atoms with Crippen LogP contribution in [0.4, 0.5) is 0 Å². The van der Waals surface area contributed by atoms with Crippen LogP contribution in [0.2, 0.25) is 0 Å². The predicted molar refractivity (Wildman–Crippen MR) is 42.2 cm³/mol. The number of hydrogen-bond acceptors (Lipinski definition) is 2. The molecule has 2 N–H and O–H groups in total. The molecule has 2 heterocycles. The zero-order chi connectivity index (χ0) is 7.00. The fraction of sp³-hybridized carbons (Fsp3) is 1.00. The van der Waals surface area contributed by atoms with E-state index < -0.39 is 0 Å². The summed E-state index contributed by atoms with van der Waals surface area (Å²) in [4.78, 5) is 0. The minimum atomic E-state index is 0.865. The van der Waals surface area contributed by atoms with Crippen LogP contribution in [-0.2, 0) is 0 Å². The van der Waals surface area contributed by atoms with E-state index in [1.807, 2.05) is 0 Å². The van der Waals surface area contributed by atoms with Gasteiger partial charge >= 0.3 is 0 Å². The number of fused-ring (bicyclic) bond motifs is 2. The molecule has 0 spiro atoms. The van der Waals surface area contributed by atoms with Gasteiger partial charge in [0.1, 0.15) is 0 Å². The van der Waals surface area contributed by atoms with Crippen LogP contribution in [0.5, 0.6) is 0 Å². The molecule has 60 valence electrons. The Balaban J connectivity index is 1.92. The molecule has 4 aliphatic rings. The van der Waals surface area contributed by atoms with Gasteiger partial charge in [-0.25, -0.2) is 0 Å². The zero-order valence-electron chi connectivity index (χ0n) is 6.59. The van der Waals surface area contributed by atoms with Crippen LogP contribution in [0.25, 0.3) is 0 Å². The van der Waals surface area contributed by atoms with E-state index in [2.05, 4.69) is 10.6 Å². The Morgan fingerprint density at radius 3 is 1.82 bits per heavy atom. The quantitative estimate of drug-likeness (QED) is 0.500. The van der Waals surface area contributed by atoms with Gasteiger partial charge in [-0.2, -0.15) is 0 Å². The van der Waals surface area contributed by atoms with Gasteiger partial charge in [0.05, 0.1) is 0 Å². The Morgan fingerprint density at radius 2 is 1.27 bits per heavy atom. The van der Waals surface area contributed by atoms with Crippen LogP contribution >= 0.6 is 0 Å². The predicted octanol–water partition coefficient (Wildman–Crippen LogP) is -0.188. The van der Waals surface area contributed by atoms with Gasteiger partial charge in [-0.3, -0.25) is 0 Å². The van der Waals surface area contributed by atoms with E-state index in [1.54, 1.807) is 0 Å². The SMILES string of the molecule is C1NC2C3CC4C(CNC42)C13. The molecule has 11 heavy (non-hydrogen) atoms. The summed E-state index contributed by atoms with van der Waals surface area (Å²) >= 11 is 0. The van der Waals surface area contributed by atoms with Gasteiger partial charge < -0.3 is 10.6 Å². The van der Waals surface area contributed by atoms with E-state index >= 15 is 0 Å². The van der Waals surface area contributed by atoms with Crippen LogP contribution in [0, 0.1) is 23.7 Å². The van der Waals surface area contributed by atoms with Crippen molar-refractivity contribution in [2.75, 3.05) is 13.1 Å². The van der Waals surface area contributed by atoms with Crippen molar-refractivity contribution < 1.29 is 0 Å². The zero-order valence-corrected chi connectivity index (χ0v) is 6.59. The highest BCUT2D eigenvalue weighted by Crippen LogP contribution is 2.57. The normalized spacial score (nSPS) is 69.8. The largest absolute Gasteiger partial charge is 0.312 e. The van der Waals surface area contributed by atoms with Gasteiger partial charge in [-0.15, -0.1) is 0 Å². The molecule has 6 unspecified atom stereocenters. The molecule has 6 atom stereocenters. The molecule has 4 rings (SSSR count). The number of nitrogens with one attached hydrogen (secondary N) is 2. The van der Waals surface area contributed by atoms with E-state index in [9.17, 15) is 0 Å². The molecule has 2 saturated heterocycles. The highest BCUT2D eigenvalue weighted by molar-refractivity contribution is 5.19. The summed E-state index contributed by atoms with van der Waals surface area (Å²) in [7, 11) is 0. The topological polar surface area (TPSA) is 24.1 Å². The van der Waals surface area contributed by atoms with Crippen molar-refractivity contribution in [3.05, 3.63) is 0 Å². The van der Waals surface area contributed by atoms with Gasteiger partial charge in [0.15, 0.2) is 0 Å². The Kier molecular flexibility index (Phi) is 0.758. The summed E-state index contributed by atoms with van der Waals surface area (Å²) in [5.41, 5.74) is 0.